The fourth-order valence-corrected chi connectivity index (χ4v) is 0.803. The van der Waals surface area contributed by atoms with Gasteiger partial charge in [-0.05, 0) is 6.42 Å². The Morgan fingerprint density at radius 2 is 2.14 bits per heavy atom. The molecule has 1 amide bonds. The molecule has 0 aliphatic heterocycles. The molecule has 6 nitrogen and oxygen atoms in total. The molecule has 0 aliphatic rings. The second-order valence-corrected chi connectivity index (χ2v) is 2.86. The van der Waals surface area contributed by atoms with Gasteiger partial charge >= 0.3 is 5.97 Å². The third kappa shape index (κ3) is 4.56. The fraction of sp³-hybridized carbons (Fsp3) is 0.625. The van der Waals surface area contributed by atoms with Crippen LogP contribution >= 0.6 is 0 Å². The minimum Gasteiger partial charge on any atom is -0.481 e. The summed E-state index contributed by atoms with van der Waals surface area (Å²) < 4.78 is 0. The van der Waals surface area contributed by atoms with Crippen LogP contribution in [0.5, 0.6) is 0 Å². The highest BCUT2D eigenvalue weighted by Crippen LogP contribution is 1.91. The summed E-state index contributed by atoms with van der Waals surface area (Å²) in [7, 11) is 0. The predicted molar refractivity (Wildman–Crippen MR) is 48.5 cm³/mol. The van der Waals surface area contributed by atoms with Crippen molar-refractivity contribution in [2.24, 2.45) is 5.73 Å². The summed E-state index contributed by atoms with van der Waals surface area (Å²) in [6.07, 6.45) is 0.599. The van der Waals surface area contributed by atoms with Gasteiger partial charge in [-0.3, -0.25) is 9.59 Å². The van der Waals surface area contributed by atoms with Crippen LogP contribution in [0.25, 0.3) is 0 Å². The highest BCUT2D eigenvalue weighted by molar-refractivity contribution is 5.87. The average molecular weight is 202 g/mol. The van der Waals surface area contributed by atoms with Crippen LogP contribution in [0.2, 0.25) is 0 Å². The first kappa shape index (κ1) is 12.6. The summed E-state index contributed by atoms with van der Waals surface area (Å²) in [5, 5.41) is 10.7. The quantitative estimate of drug-likeness (QED) is 0.473. The molecule has 0 heterocycles. The van der Waals surface area contributed by atoms with E-state index in [2.05, 4.69) is 5.32 Å². The number of nitrogens with two attached hydrogens (primary N) is 1. The first-order chi connectivity index (χ1) is 6.51. The Morgan fingerprint density at radius 3 is 2.50 bits per heavy atom. The Labute approximate surface area is 81.5 Å². The number of aliphatic carboxylic acids is 1. The van der Waals surface area contributed by atoms with Crippen molar-refractivity contribution in [3.8, 4) is 0 Å². The standard InChI is InChI=1S/C8H14N2O4/c1-2-5(4-11)10-8(14)6(9)3-7(12)13/h4-6H,2-3,9H2,1H3,(H,10,14)(H,12,13). The molecule has 0 saturated heterocycles. The van der Waals surface area contributed by atoms with E-state index in [0.717, 1.165) is 0 Å². The number of aldehydes is 1. The average Bonchev–Trinajstić information content (AvgIpc) is 2.12. The number of carbonyl (C=O) groups is 3. The van der Waals surface area contributed by atoms with Crippen LogP contribution < -0.4 is 11.1 Å². The SMILES string of the molecule is CCC(C=O)NC(=O)C(N)CC(=O)O. The molecule has 0 bridgehead atoms. The van der Waals surface area contributed by atoms with Crippen LogP contribution in [0.15, 0.2) is 0 Å². The molecule has 0 radical (unpaired) electrons. The Morgan fingerprint density at radius 1 is 1.57 bits per heavy atom. The maximum absolute atomic E-state index is 11.1. The lowest BCUT2D eigenvalue weighted by atomic mass is 10.2. The van der Waals surface area contributed by atoms with E-state index in [4.69, 9.17) is 10.8 Å². The van der Waals surface area contributed by atoms with Crippen LogP contribution in [0, 0.1) is 0 Å². The van der Waals surface area contributed by atoms with E-state index in [1.807, 2.05) is 0 Å². The largest absolute Gasteiger partial charge is 0.481 e. The zero-order chi connectivity index (χ0) is 11.1. The van der Waals surface area contributed by atoms with Crippen molar-refractivity contribution in [1.82, 2.24) is 5.32 Å². The second kappa shape index (κ2) is 6.09. The summed E-state index contributed by atoms with van der Waals surface area (Å²) >= 11 is 0. The summed E-state index contributed by atoms with van der Waals surface area (Å²) in [5.41, 5.74) is 5.27. The fourth-order valence-electron chi connectivity index (χ4n) is 0.803. The molecule has 6 heteroatoms. The molecule has 0 spiro atoms. The first-order valence-corrected chi connectivity index (χ1v) is 4.24. The molecular weight excluding hydrogens is 188 g/mol. The molecule has 0 saturated carbocycles. The Balaban J connectivity index is 4.05. The number of carboxylic acids is 1. The maximum atomic E-state index is 11.1. The lowest BCUT2D eigenvalue weighted by Gasteiger charge is -2.13. The molecule has 0 aromatic heterocycles. The molecule has 2 atom stereocenters. The number of carbonyl (C=O) groups excluding carboxylic acids is 2. The first-order valence-electron chi connectivity index (χ1n) is 4.24. The molecule has 0 aromatic carbocycles. The van der Waals surface area contributed by atoms with E-state index in [0.29, 0.717) is 12.7 Å². The molecule has 2 unspecified atom stereocenters. The van der Waals surface area contributed by atoms with Gasteiger partial charge in [0.05, 0.1) is 18.5 Å². The van der Waals surface area contributed by atoms with Gasteiger partial charge in [0.1, 0.15) is 6.29 Å². The van der Waals surface area contributed by atoms with Gasteiger partial charge in [-0.2, -0.15) is 0 Å². The lowest BCUT2D eigenvalue weighted by molar-refractivity contribution is -0.139. The monoisotopic (exact) mass is 202 g/mol. The number of carboxylic acid groups (broad SMARTS) is 1. The Hall–Kier alpha value is -1.43. The third-order valence-corrected chi connectivity index (χ3v) is 1.66. The molecule has 0 fully saturated rings. The molecule has 0 rings (SSSR count). The van der Waals surface area contributed by atoms with Gasteiger partial charge < -0.3 is 21.0 Å². The molecule has 0 aromatic rings. The molecule has 14 heavy (non-hydrogen) atoms. The van der Waals surface area contributed by atoms with Gasteiger partial charge in [0.2, 0.25) is 5.91 Å². The van der Waals surface area contributed by atoms with Gasteiger partial charge in [-0.1, -0.05) is 6.92 Å². The minimum atomic E-state index is -1.15. The van der Waals surface area contributed by atoms with Crippen LogP contribution in [-0.2, 0) is 14.4 Å². The van der Waals surface area contributed by atoms with E-state index in [1.54, 1.807) is 6.92 Å². The molecule has 4 N–H and O–H groups in total. The second-order valence-electron chi connectivity index (χ2n) is 2.86. The van der Waals surface area contributed by atoms with Gasteiger partial charge in [-0.15, -0.1) is 0 Å². The summed E-state index contributed by atoms with van der Waals surface area (Å²) in [4.78, 5) is 31.7. The Bertz CT molecular complexity index is 229. The van der Waals surface area contributed by atoms with Crippen LogP contribution in [-0.4, -0.2) is 35.4 Å². The Kier molecular flexibility index (Phi) is 5.47. The highest BCUT2D eigenvalue weighted by Gasteiger charge is 2.19. The molecule has 80 valence electrons. The molecular formula is C8H14N2O4. The van der Waals surface area contributed by atoms with Crippen LogP contribution in [0.3, 0.4) is 0 Å². The highest BCUT2D eigenvalue weighted by atomic mass is 16.4. The zero-order valence-electron chi connectivity index (χ0n) is 7.90. The van der Waals surface area contributed by atoms with Crippen molar-refractivity contribution in [3.05, 3.63) is 0 Å². The molecule has 0 aliphatic carbocycles. The zero-order valence-corrected chi connectivity index (χ0v) is 7.90. The van der Waals surface area contributed by atoms with Crippen molar-refractivity contribution in [1.29, 1.82) is 0 Å². The minimum absolute atomic E-state index is 0.443. The number of rotatable bonds is 6. The van der Waals surface area contributed by atoms with E-state index >= 15 is 0 Å². The maximum Gasteiger partial charge on any atom is 0.305 e. The van der Waals surface area contributed by atoms with Gasteiger partial charge in [-0.25, -0.2) is 0 Å². The number of hydrogen-bond donors (Lipinski definition) is 3. The summed E-state index contributed by atoms with van der Waals surface area (Å²) in [6.45, 7) is 1.72. The summed E-state index contributed by atoms with van der Waals surface area (Å²) in [6, 6.07) is -1.70. The van der Waals surface area contributed by atoms with Crippen molar-refractivity contribution in [2.75, 3.05) is 0 Å². The summed E-state index contributed by atoms with van der Waals surface area (Å²) in [5.74, 6) is -1.77. The number of amides is 1. The predicted octanol–water partition coefficient (Wildman–Crippen LogP) is -1.12. The topological polar surface area (TPSA) is 109 Å². The van der Waals surface area contributed by atoms with Gasteiger partial charge in [0, 0.05) is 0 Å². The van der Waals surface area contributed by atoms with E-state index in [-0.39, 0.29) is 0 Å². The van der Waals surface area contributed by atoms with Crippen molar-refractivity contribution >= 4 is 18.2 Å². The van der Waals surface area contributed by atoms with Crippen LogP contribution in [0.4, 0.5) is 0 Å². The number of nitrogens with one attached hydrogen (secondary N) is 1. The van der Waals surface area contributed by atoms with E-state index in [9.17, 15) is 14.4 Å². The number of hydrogen-bond acceptors (Lipinski definition) is 4. The van der Waals surface area contributed by atoms with Crippen molar-refractivity contribution < 1.29 is 19.5 Å². The van der Waals surface area contributed by atoms with Gasteiger partial charge in [0.25, 0.3) is 0 Å². The van der Waals surface area contributed by atoms with Crippen LogP contribution in [0.1, 0.15) is 19.8 Å². The van der Waals surface area contributed by atoms with Gasteiger partial charge in [0.15, 0.2) is 0 Å². The van der Waals surface area contributed by atoms with E-state index in [1.165, 1.54) is 0 Å². The van der Waals surface area contributed by atoms with Crippen molar-refractivity contribution in [3.63, 3.8) is 0 Å². The van der Waals surface area contributed by atoms with E-state index < -0.39 is 30.4 Å². The normalized spacial score (nSPS) is 14.1. The smallest absolute Gasteiger partial charge is 0.305 e. The third-order valence-electron chi connectivity index (χ3n) is 1.66. The lowest BCUT2D eigenvalue weighted by Crippen LogP contribution is -2.46. The van der Waals surface area contributed by atoms with Crippen molar-refractivity contribution in [2.45, 2.75) is 31.8 Å².